The summed E-state index contributed by atoms with van der Waals surface area (Å²) in [6.07, 6.45) is -7.16. The van der Waals surface area contributed by atoms with Crippen LogP contribution in [0.4, 0.5) is 13.2 Å². The van der Waals surface area contributed by atoms with Crippen molar-refractivity contribution in [1.82, 2.24) is 0 Å². The Kier molecular flexibility index (Phi) is 6.95. The van der Waals surface area contributed by atoms with Crippen LogP contribution in [-0.4, -0.2) is 63.0 Å². The lowest BCUT2D eigenvalue weighted by Crippen LogP contribution is -2.43. The fraction of sp³-hybridized carbons (Fsp3) is 0.750. The summed E-state index contributed by atoms with van der Waals surface area (Å²) in [5.41, 5.74) is -5.78. The van der Waals surface area contributed by atoms with Gasteiger partial charge < -0.3 is 18.9 Å². The highest BCUT2D eigenvalue weighted by molar-refractivity contribution is 7.87. The Hall–Kier alpha value is -1.93. The molecule has 26 heavy (non-hydrogen) atoms. The molecule has 1 heterocycles. The first-order valence-electron chi connectivity index (χ1n) is 6.87. The van der Waals surface area contributed by atoms with Gasteiger partial charge >= 0.3 is 33.5 Å². The number of esters is 3. The maximum Gasteiger partial charge on any atom is 0.523 e. The number of ether oxygens (including phenoxy) is 4. The molecule has 10 nitrogen and oxygen atoms in total. The van der Waals surface area contributed by atoms with E-state index >= 15 is 0 Å². The van der Waals surface area contributed by atoms with Crippen molar-refractivity contribution in [2.24, 2.45) is 0 Å². The number of halogens is 3. The second-order valence-corrected chi connectivity index (χ2v) is 6.55. The first-order chi connectivity index (χ1) is 11.7. The Morgan fingerprint density at radius 1 is 0.962 bits per heavy atom. The van der Waals surface area contributed by atoms with E-state index in [0.717, 1.165) is 20.8 Å². The summed E-state index contributed by atoms with van der Waals surface area (Å²) in [5, 5.41) is 0. The highest BCUT2D eigenvalue weighted by Crippen LogP contribution is 2.33. The van der Waals surface area contributed by atoms with Gasteiger partial charge in [0, 0.05) is 20.8 Å². The van der Waals surface area contributed by atoms with E-state index in [2.05, 4.69) is 8.92 Å². The van der Waals surface area contributed by atoms with Crippen molar-refractivity contribution in [3.8, 4) is 0 Å². The summed E-state index contributed by atoms with van der Waals surface area (Å²) < 4.78 is 82.9. The van der Waals surface area contributed by atoms with Gasteiger partial charge in [-0.1, -0.05) is 0 Å². The summed E-state index contributed by atoms with van der Waals surface area (Å²) in [5.74, 6) is -2.78. The monoisotopic (exact) mass is 408 g/mol. The molecular weight excluding hydrogens is 393 g/mol. The first-order valence-corrected chi connectivity index (χ1v) is 8.28. The third kappa shape index (κ3) is 5.81. The molecule has 1 saturated heterocycles. The molecule has 0 aromatic heterocycles. The van der Waals surface area contributed by atoms with E-state index in [0.29, 0.717) is 0 Å². The fourth-order valence-electron chi connectivity index (χ4n) is 1.93. The Morgan fingerprint density at radius 3 is 1.88 bits per heavy atom. The third-order valence-electron chi connectivity index (χ3n) is 2.83. The van der Waals surface area contributed by atoms with Crippen LogP contribution in [0, 0.1) is 0 Å². The van der Waals surface area contributed by atoms with Crippen molar-refractivity contribution in [3.63, 3.8) is 0 Å². The van der Waals surface area contributed by atoms with Crippen LogP contribution < -0.4 is 0 Å². The molecule has 0 aromatic carbocycles. The Labute approximate surface area is 145 Å². The van der Waals surface area contributed by atoms with Crippen LogP contribution in [0.15, 0.2) is 0 Å². The van der Waals surface area contributed by atoms with Gasteiger partial charge in [-0.15, -0.1) is 0 Å². The lowest BCUT2D eigenvalue weighted by atomic mass is 10.1. The fourth-order valence-corrected chi connectivity index (χ4v) is 2.45. The number of rotatable bonds is 6. The van der Waals surface area contributed by atoms with Gasteiger partial charge in [0.1, 0.15) is 12.7 Å². The smallest absolute Gasteiger partial charge is 0.463 e. The van der Waals surface area contributed by atoms with Gasteiger partial charge in [0.15, 0.2) is 12.2 Å². The molecule has 1 aliphatic heterocycles. The quantitative estimate of drug-likeness (QED) is 0.256. The van der Waals surface area contributed by atoms with Crippen LogP contribution in [0.1, 0.15) is 20.8 Å². The summed E-state index contributed by atoms with van der Waals surface area (Å²) >= 11 is 0. The van der Waals surface area contributed by atoms with Gasteiger partial charge in [0.05, 0.1) is 0 Å². The van der Waals surface area contributed by atoms with Crippen molar-refractivity contribution in [2.75, 3.05) is 6.61 Å². The lowest BCUT2D eigenvalue weighted by Gasteiger charge is -2.23. The van der Waals surface area contributed by atoms with Crippen LogP contribution in [0.5, 0.6) is 0 Å². The largest absolute Gasteiger partial charge is 0.523 e. The Morgan fingerprint density at radius 2 is 1.46 bits per heavy atom. The number of carbonyl (C=O) groups excluding carboxylic acids is 3. The molecule has 150 valence electrons. The van der Waals surface area contributed by atoms with Crippen LogP contribution in [0.25, 0.3) is 0 Å². The predicted molar refractivity (Wildman–Crippen MR) is 72.5 cm³/mol. The molecule has 1 unspecified atom stereocenters. The molecule has 0 bridgehead atoms. The van der Waals surface area contributed by atoms with Crippen molar-refractivity contribution >= 4 is 28.0 Å². The molecule has 14 heteroatoms. The zero-order valence-corrected chi connectivity index (χ0v) is 14.5. The average molecular weight is 408 g/mol. The standard InChI is InChI=1S/C12H15F3O10S/c1-5(16)21-4-8-9(22-6(2)17)10(23-7(3)18)11(24-8)25-26(19,20)12(13,14)15/h8-11H,4H2,1-3H3/t8-,9-,10-,11?/m1/s1. The van der Waals surface area contributed by atoms with Crippen molar-refractivity contribution < 1.29 is 59.1 Å². The number of alkyl halides is 3. The van der Waals surface area contributed by atoms with Gasteiger partial charge in [0.25, 0.3) is 0 Å². The SMILES string of the molecule is CC(=O)OC[C@H]1OC(OS(=O)(=O)C(F)(F)F)[C@H](OC(C)=O)[C@@H]1OC(C)=O. The molecule has 0 spiro atoms. The predicted octanol–water partition coefficient (Wildman–Crippen LogP) is 0.00400. The second-order valence-electron chi connectivity index (χ2n) is 4.99. The van der Waals surface area contributed by atoms with E-state index < -0.39 is 64.7 Å². The highest BCUT2D eigenvalue weighted by atomic mass is 32.2. The van der Waals surface area contributed by atoms with E-state index in [9.17, 15) is 36.0 Å². The van der Waals surface area contributed by atoms with E-state index in [1.807, 2.05) is 0 Å². The van der Waals surface area contributed by atoms with Gasteiger partial charge in [-0.05, 0) is 0 Å². The van der Waals surface area contributed by atoms with Gasteiger partial charge in [-0.3, -0.25) is 14.4 Å². The first kappa shape index (κ1) is 22.1. The molecule has 0 N–H and O–H groups in total. The molecule has 1 rings (SSSR count). The molecule has 0 aromatic rings. The zero-order valence-electron chi connectivity index (χ0n) is 13.6. The Bertz CT molecular complexity index is 659. The maximum absolute atomic E-state index is 12.5. The summed E-state index contributed by atoms with van der Waals surface area (Å²) in [7, 11) is -6.12. The van der Waals surface area contributed by atoms with Crippen molar-refractivity contribution in [2.45, 2.75) is 50.9 Å². The molecule has 1 aliphatic rings. The van der Waals surface area contributed by atoms with E-state index in [4.69, 9.17) is 14.2 Å². The highest BCUT2D eigenvalue weighted by Gasteiger charge is 2.56. The lowest BCUT2D eigenvalue weighted by molar-refractivity contribution is -0.172. The minimum Gasteiger partial charge on any atom is -0.463 e. The van der Waals surface area contributed by atoms with Gasteiger partial charge in [-0.2, -0.15) is 21.6 Å². The second kappa shape index (κ2) is 8.18. The minimum atomic E-state index is -6.12. The molecule has 0 saturated carbocycles. The molecule has 1 fully saturated rings. The van der Waals surface area contributed by atoms with Crippen LogP contribution in [-0.2, 0) is 47.6 Å². The molecular formula is C12H15F3O10S. The normalized spacial score (nSPS) is 26.2. The zero-order chi connectivity index (χ0) is 20.3. The van der Waals surface area contributed by atoms with Crippen molar-refractivity contribution in [1.29, 1.82) is 0 Å². The number of carbonyl (C=O) groups is 3. The molecule has 0 radical (unpaired) electrons. The van der Waals surface area contributed by atoms with Crippen molar-refractivity contribution in [3.05, 3.63) is 0 Å². The van der Waals surface area contributed by atoms with E-state index in [1.165, 1.54) is 0 Å². The number of hydrogen-bond donors (Lipinski definition) is 0. The summed E-state index contributed by atoms with van der Waals surface area (Å²) in [6.45, 7) is 2.20. The van der Waals surface area contributed by atoms with Gasteiger partial charge in [-0.25, -0.2) is 4.18 Å². The molecule has 0 aliphatic carbocycles. The van der Waals surface area contributed by atoms with Crippen LogP contribution in [0.2, 0.25) is 0 Å². The van der Waals surface area contributed by atoms with Crippen LogP contribution >= 0.6 is 0 Å². The summed E-state index contributed by atoms with van der Waals surface area (Å²) in [6, 6.07) is 0. The molecule has 0 amide bonds. The average Bonchev–Trinajstić information content (AvgIpc) is 2.71. The van der Waals surface area contributed by atoms with Crippen LogP contribution in [0.3, 0.4) is 0 Å². The summed E-state index contributed by atoms with van der Waals surface area (Å²) in [4.78, 5) is 33.3. The van der Waals surface area contributed by atoms with E-state index in [1.54, 1.807) is 0 Å². The van der Waals surface area contributed by atoms with E-state index in [-0.39, 0.29) is 0 Å². The topological polar surface area (TPSA) is 132 Å². The maximum atomic E-state index is 12.5. The molecule has 4 atom stereocenters. The third-order valence-corrected chi connectivity index (χ3v) is 3.84. The van der Waals surface area contributed by atoms with Gasteiger partial charge in [0.2, 0.25) is 6.29 Å². The minimum absolute atomic E-state index is 0.628. The Balaban J connectivity index is 3.14. The number of hydrogen-bond acceptors (Lipinski definition) is 10.